The molecule has 1 fully saturated rings. The van der Waals surface area contributed by atoms with Crippen molar-refractivity contribution in [1.29, 1.82) is 0 Å². The third-order valence-electron chi connectivity index (χ3n) is 3.90. The lowest BCUT2D eigenvalue weighted by atomic mass is 10.1. The fraction of sp³-hybridized carbons (Fsp3) is 0.714. The molecule has 1 aromatic rings. The quantitative estimate of drug-likeness (QED) is 0.871. The Bertz CT molecular complexity index is 466. The van der Waals surface area contributed by atoms with Crippen molar-refractivity contribution < 1.29 is 0 Å². The van der Waals surface area contributed by atoms with Crippen LogP contribution in [0.25, 0.3) is 0 Å². The van der Waals surface area contributed by atoms with Gasteiger partial charge in [0.2, 0.25) is 0 Å². The fourth-order valence-electron chi connectivity index (χ4n) is 2.70. The zero-order valence-electron chi connectivity index (χ0n) is 11.8. The predicted molar refractivity (Wildman–Crippen MR) is 82.0 cm³/mol. The SMILES string of the molecule is CCCn1ccnc(NCC2(SC)CCCC2)c1=O. The Labute approximate surface area is 119 Å². The molecular formula is C14H23N3OS. The molecule has 4 nitrogen and oxygen atoms in total. The molecule has 1 saturated carbocycles. The van der Waals surface area contributed by atoms with Crippen LogP contribution in [0.1, 0.15) is 39.0 Å². The minimum Gasteiger partial charge on any atom is -0.364 e. The first kappa shape index (κ1) is 14.4. The lowest BCUT2D eigenvalue weighted by Crippen LogP contribution is -2.33. The lowest BCUT2D eigenvalue weighted by Gasteiger charge is -2.27. The Balaban J connectivity index is 2.07. The van der Waals surface area contributed by atoms with Crippen molar-refractivity contribution in [3.63, 3.8) is 0 Å². The van der Waals surface area contributed by atoms with Crippen molar-refractivity contribution >= 4 is 17.6 Å². The van der Waals surface area contributed by atoms with Gasteiger partial charge in [-0.3, -0.25) is 4.79 Å². The van der Waals surface area contributed by atoms with E-state index in [0.29, 0.717) is 10.6 Å². The molecule has 0 atom stereocenters. The molecule has 1 aromatic heterocycles. The molecule has 1 aliphatic carbocycles. The molecule has 19 heavy (non-hydrogen) atoms. The van der Waals surface area contributed by atoms with E-state index in [1.165, 1.54) is 25.7 Å². The van der Waals surface area contributed by atoms with E-state index >= 15 is 0 Å². The van der Waals surface area contributed by atoms with Crippen LogP contribution in [0.3, 0.4) is 0 Å². The summed E-state index contributed by atoms with van der Waals surface area (Å²) in [4.78, 5) is 16.4. The normalized spacial score (nSPS) is 17.6. The van der Waals surface area contributed by atoms with Crippen LogP contribution in [0.2, 0.25) is 0 Å². The molecule has 5 heteroatoms. The van der Waals surface area contributed by atoms with Gasteiger partial charge in [-0.25, -0.2) is 4.98 Å². The summed E-state index contributed by atoms with van der Waals surface area (Å²) in [6.45, 7) is 3.66. The molecule has 0 radical (unpaired) electrons. The van der Waals surface area contributed by atoms with Gasteiger partial charge in [0.05, 0.1) is 0 Å². The van der Waals surface area contributed by atoms with Crippen molar-refractivity contribution in [2.45, 2.75) is 50.3 Å². The average Bonchev–Trinajstić information content (AvgIpc) is 2.89. The zero-order valence-corrected chi connectivity index (χ0v) is 12.6. The molecule has 2 rings (SSSR count). The van der Waals surface area contributed by atoms with Gasteiger partial charge in [0.1, 0.15) is 0 Å². The number of aromatic nitrogens is 2. The van der Waals surface area contributed by atoms with Gasteiger partial charge < -0.3 is 9.88 Å². The standard InChI is InChI=1S/C14H23N3OS/c1-3-9-17-10-8-15-12(13(17)18)16-11-14(19-2)6-4-5-7-14/h8,10H,3-7,9,11H2,1-2H3,(H,15,16). The van der Waals surface area contributed by atoms with Gasteiger partial charge in [-0.05, 0) is 25.5 Å². The molecule has 106 valence electrons. The number of hydrogen-bond donors (Lipinski definition) is 1. The summed E-state index contributed by atoms with van der Waals surface area (Å²) in [5.41, 5.74) is -0.00130. The first-order chi connectivity index (χ1) is 9.21. The Morgan fingerprint density at radius 1 is 1.47 bits per heavy atom. The third-order valence-corrected chi connectivity index (χ3v) is 5.32. The molecule has 0 aliphatic heterocycles. The summed E-state index contributed by atoms with van der Waals surface area (Å²) >= 11 is 1.92. The molecular weight excluding hydrogens is 258 g/mol. The van der Waals surface area contributed by atoms with E-state index in [2.05, 4.69) is 23.5 Å². The van der Waals surface area contributed by atoms with Crippen LogP contribution in [-0.2, 0) is 6.54 Å². The second-order valence-electron chi connectivity index (χ2n) is 5.22. The topological polar surface area (TPSA) is 46.9 Å². The highest BCUT2D eigenvalue weighted by molar-refractivity contribution is 8.00. The lowest BCUT2D eigenvalue weighted by molar-refractivity contribution is 0.628. The van der Waals surface area contributed by atoms with Crippen molar-refractivity contribution in [1.82, 2.24) is 9.55 Å². The van der Waals surface area contributed by atoms with Gasteiger partial charge in [-0.15, -0.1) is 0 Å². The molecule has 0 bridgehead atoms. The minimum absolute atomic E-state index is 0.00130. The number of rotatable bonds is 6. The summed E-state index contributed by atoms with van der Waals surface area (Å²) < 4.78 is 2.02. The largest absolute Gasteiger partial charge is 0.364 e. The Hall–Kier alpha value is -0.970. The van der Waals surface area contributed by atoms with E-state index in [1.54, 1.807) is 17.0 Å². The molecule has 0 saturated heterocycles. The maximum absolute atomic E-state index is 12.2. The highest BCUT2D eigenvalue weighted by Crippen LogP contribution is 2.39. The van der Waals surface area contributed by atoms with E-state index in [4.69, 9.17) is 0 Å². The van der Waals surface area contributed by atoms with Crippen molar-refractivity contribution in [2.75, 3.05) is 18.1 Å². The zero-order chi connectivity index (χ0) is 13.7. The van der Waals surface area contributed by atoms with Gasteiger partial charge in [0, 0.05) is 30.2 Å². The first-order valence-corrected chi connectivity index (χ1v) is 8.28. The average molecular weight is 281 g/mol. The summed E-state index contributed by atoms with van der Waals surface area (Å²) in [7, 11) is 0. The molecule has 0 amide bonds. The molecule has 1 N–H and O–H groups in total. The third kappa shape index (κ3) is 3.32. The van der Waals surface area contributed by atoms with Gasteiger partial charge in [-0.1, -0.05) is 19.8 Å². The van der Waals surface area contributed by atoms with Crippen LogP contribution in [0.5, 0.6) is 0 Å². The van der Waals surface area contributed by atoms with Crippen LogP contribution in [0.4, 0.5) is 5.82 Å². The number of anilines is 1. The Morgan fingerprint density at radius 3 is 2.84 bits per heavy atom. The number of thioether (sulfide) groups is 1. The van der Waals surface area contributed by atoms with Crippen LogP contribution in [0.15, 0.2) is 17.2 Å². The number of hydrogen-bond acceptors (Lipinski definition) is 4. The fourth-order valence-corrected chi connectivity index (χ4v) is 3.62. The second-order valence-corrected chi connectivity index (χ2v) is 6.50. The van der Waals surface area contributed by atoms with E-state index in [-0.39, 0.29) is 5.56 Å². The number of nitrogens with one attached hydrogen (secondary N) is 1. The maximum atomic E-state index is 12.2. The summed E-state index contributed by atoms with van der Waals surface area (Å²) in [6.07, 6.45) is 11.7. The second kappa shape index (κ2) is 6.46. The Kier molecular flexibility index (Phi) is 4.91. The molecule has 0 unspecified atom stereocenters. The van der Waals surface area contributed by atoms with E-state index in [9.17, 15) is 4.79 Å². The van der Waals surface area contributed by atoms with Crippen LogP contribution in [0, 0.1) is 0 Å². The Morgan fingerprint density at radius 2 is 2.21 bits per heavy atom. The highest BCUT2D eigenvalue weighted by atomic mass is 32.2. The van der Waals surface area contributed by atoms with Crippen molar-refractivity contribution in [2.24, 2.45) is 0 Å². The minimum atomic E-state index is -0.00130. The molecule has 0 aromatic carbocycles. The summed E-state index contributed by atoms with van der Waals surface area (Å²) in [5.74, 6) is 0.497. The van der Waals surface area contributed by atoms with Gasteiger partial charge in [-0.2, -0.15) is 11.8 Å². The van der Waals surface area contributed by atoms with Gasteiger partial charge in [0.25, 0.3) is 5.56 Å². The van der Waals surface area contributed by atoms with Crippen LogP contribution >= 0.6 is 11.8 Å². The number of nitrogens with zero attached hydrogens (tertiary/aromatic N) is 2. The molecule has 1 aliphatic rings. The van der Waals surface area contributed by atoms with Crippen LogP contribution < -0.4 is 10.9 Å². The highest BCUT2D eigenvalue weighted by Gasteiger charge is 2.32. The summed E-state index contributed by atoms with van der Waals surface area (Å²) in [6, 6.07) is 0. The van der Waals surface area contributed by atoms with Gasteiger partial charge >= 0.3 is 0 Å². The van der Waals surface area contributed by atoms with E-state index in [0.717, 1.165) is 19.5 Å². The van der Waals surface area contributed by atoms with Crippen molar-refractivity contribution in [3.05, 3.63) is 22.7 Å². The first-order valence-electron chi connectivity index (χ1n) is 7.05. The predicted octanol–water partition coefficient (Wildman–Crippen LogP) is 2.74. The molecule has 1 heterocycles. The van der Waals surface area contributed by atoms with Crippen molar-refractivity contribution in [3.8, 4) is 0 Å². The number of aryl methyl sites for hydroxylation is 1. The van der Waals surface area contributed by atoms with E-state index < -0.39 is 0 Å². The maximum Gasteiger partial charge on any atom is 0.293 e. The van der Waals surface area contributed by atoms with E-state index in [1.807, 2.05) is 11.8 Å². The smallest absolute Gasteiger partial charge is 0.293 e. The monoisotopic (exact) mass is 281 g/mol. The van der Waals surface area contributed by atoms with Gasteiger partial charge in [0.15, 0.2) is 5.82 Å². The molecule has 0 spiro atoms. The van der Waals surface area contributed by atoms with Crippen LogP contribution in [-0.4, -0.2) is 27.1 Å². The summed E-state index contributed by atoms with van der Waals surface area (Å²) in [5, 5.41) is 3.28.